The van der Waals surface area contributed by atoms with Crippen LogP contribution in [-0.2, 0) is 16.0 Å². The van der Waals surface area contributed by atoms with Gasteiger partial charge < -0.3 is 14.9 Å². The van der Waals surface area contributed by atoms with Crippen LogP contribution in [0.4, 0.5) is 0 Å². The summed E-state index contributed by atoms with van der Waals surface area (Å²) in [5, 5.41) is 19.9. The highest BCUT2D eigenvalue weighted by molar-refractivity contribution is 7.17. The summed E-state index contributed by atoms with van der Waals surface area (Å²) in [6.07, 6.45) is 0.431. The molecule has 2 aromatic heterocycles. The highest BCUT2D eigenvalue weighted by atomic mass is 32.1. The second kappa shape index (κ2) is 6.88. The Morgan fingerprint density at radius 3 is 2.65 bits per heavy atom. The van der Waals surface area contributed by atoms with Gasteiger partial charge in [-0.15, -0.1) is 11.3 Å². The molecule has 124 valence electrons. The molecule has 0 saturated carbocycles. The van der Waals surface area contributed by atoms with Crippen LogP contribution in [0.2, 0.25) is 0 Å². The third-order valence-corrected chi connectivity index (χ3v) is 4.33. The van der Waals surface area contributed by atoms with E-state index < -0.39 is 23.5 Å². The van der Waals surface area contributed by atoms with Crippen molar-refractivity contribution in [2.24, 2.45) is 0 Å². The zero-order valence-electron chi connectivity index (χ0n) is 12.6. The SMILES string of the molecule is CCC(C(=O)O)n1c(CCOC)nc2scc(C(=O)O)c2c1=O. The summed E-state index contributed by atoms with van der Waals surface area (Å²) in [5.41, 5.74) is -0.802. The summed E-state index contributed by atoms with van der Waals surface area (Å²) in [6, 6.07) is -1.10. The van der Waals surface area contributed by atoms with Crippen molar-refractivity contribution in [2.45, 2.75) is 25.8 Å². The Labute approximate surface area is 135 Å². The van der Waals surface area contributed by atoms with Gasteiger partial charge in [0.25, 0.3) is 5.56 Å². The third-order valence-electron chi connectivity index (χ3n) is 3.46. The maximum atomic E-state index is 12.8. The topological polar surface area (TPSA) is 119 Å². The standard InChI is InChI=1S/C14H16N2O6S/c1-3-8(14(20)21)16-9(4-5-22-2)15-11-10(12(16)17)7(6-23-11)13(18)19/h6,8H,3-5H2,1-2H3,(H,18,19)(H,20,21). The second-order valence-corrected chi connectivity index (χ2v) is 5.70. The Kier molecular flexibility index (Phi) is 5.12. The summed E-state index contributed by atoms with van der Waals surface area (Å²) in [7, 11) is 1.49. The van der Waals surface area contributed by atoms with Crippen LogP contribution in [0.25, 0.3) is 10.2 Å². The molecule has 8 nitrogen and oxygen atoms in total. The molecule has 0 radical (unpaired) electrons. The number of carbonyl (C=O) groups is 2. The molecule has 0 aliphatic heterocycles. The average Bonchev–Trinajstić information content (AvgIpc) is 2.92. The molecule has 0 amide bonds. The van der Waals surface area contributed by atoms with Crippen LogP contribution >= 0.6 is 11.3 Å². The van der Waals surface area contributed by atoms with E-state index in [9.17, 15) is 24.6 Å². The Morgan fingerprint density at radius 2 is 2.13 bits per heavy atom. The molecule has 1 atom stereocenters. The zero-order valence-corrected chi connectivity index (χ0v) is 13.4. The average molecular weight is 340 g/mol. The maximum absolute atomic E-state index is 12.8. The van der Waals surface area contributed by atoms with Crippen molar-refractivity contribution in [3.8, 4) is 0 Å². The fraction of sp³-hybridized carbons (Fsp3) is 0.429. The van der Waals surface area contributed by atoms with E-state index in [4.69, 9.17) is 4.74 Å². The number of hydrogen-bond acceptors (Lipinski definition) is 6. The normalized spacial score (nSPS) is 12.4. The molecular formula is C14H16N2O6S. The lowest BCUT2D eigenvalue weighted by Gasteiger charge is -2.18. The highest BCUT2D eigenvalue weighted by Crippen LogP contribution is 2.24. The first-order chi connectivity index (χ1) is 10.9. The van der Waals surface area contributed by atoms with Crippen molar-refractivity contribution in [3.63, 3.8) is 0 Å². The summed E-state index contributed by atoms with van der Waals surface area (Å²) in [6.45, 7) is 1.91. The fourth-order valence-electron chi connectivity index (χ4n) is 2.36. The number of aromatic nitrogens is 2. The fourth-order valence-corrected chi connectivity index (χ4v) is 3.28. The van der Waals surface area contributed by atoms with E-state index in [0.717, 1.165) is 15.9 Å². The Bertz CT molecular complexity index is 809. The van der Waals surface area contributed by atoms with E-state index in [2.05, 4.69) is 4.98 Å². The van der Waals surface area contributed by atoms with E-state index >= 15 is 0 Å². The Hall–Kier alpha value is -2.26. The molecule has 2 N–H and O–H groups in total. The molecular weight excluding hydrogens is 324 g/mol. The number of aromatic carboxylic acids is 1. The molecule has 0 fully saturated rings. The van der Waals surface area contributed by atoms with Crippen LogP contribution in [0.15, 0.2) is 10.2 Å². The first-order valence-electron chi connectivity index (χ1n) is 6.90. The number of rotatable bonds is 7. The van der Waals surface area contributed by atoms with Gasteiger partial charge in [0.1, 0.15) is 16.7 Å². The lowest BCUT2D eigenvalue weighted by molar-refractivity contribution is -0.141. The molecule has 0 bridgehead atoms. The largest absolute Gasteiger partial charge is 0.480 e. The van der Waals surface area contributed by atoms with Gasteiger partial charge in [0.15, 0.2) is 0 Å². The lowest BCUT2D eigenvalue weighted by Crippen LogP contribution is -2.33. The highest BCUT2D eigenvalue weighted by Gasteiger charge is 2.26. The number of aliphatic carboxylic acids is 1. The molecule has 23 heavy (non-hydrogen) atoms. The van der Waals surface area contributed by atoms with Crippen LogP contribution in [0.5, 0.6) is 0 Å². The van der Waals surface area contributed by atoms with Crippen molar-refractivity contribution in [3.05, 3.63) is 27.1 Å². The first-order valence-corrected chi connectivity index (χ1v) is 7.77. The molecule has 0 aromatic carbocycles. The molecule has 1 unspecified atom stereocenters. The molecule has 2 aromatic rings. The maximum Gasteiger partial charge on any atom is 0.337 e. The molecule has 0 aliphatic rings. The van der Waals surface area contributed by atoms with Gasteiger partial charge in [-0.1, -0.05) is 6.92 Å². The first kappa shape index (κ1) is 17.1. The predicted octanol–water partition coefficient (Wildman–Crippen LogP) is 1.38. The second-order valence-electron chi connectivity index (χ2n) is 4.84. The molecule has 0 spiro atoms. The van der Waals surface area contributed by atoms with Crippen molar-refractivity contribution >= 4 is 33.5 Å². The van der Waals surface area contributed by atoms with Crippen LogP contribution < -0.4 is 5.56 Å². The lowest BCUT2D eigenvalue weighted by atomic mass is 10.2. The third kappa shape index (κ3) is 3.10. The molecule has 9 heteroatoms. The van der Waals surface area contributed by atoms with Gasteiger partial charge in [0.05, 0.1) is 17.6 Å². The molecule has 2 heterocycles. The summed E-state index contributed by atoms with van der Waals surface area (Å²) in [4.78, 5) is 40.1. The van der Waals surface area contributed by atoms with Crippen molar-refractivity contribution < 1.29 is 24.5 Å². The van der Waals surface area contributed by atoms with Gasteiger partial charge in [-0.3, -0.25) is 9.36 Å². The van der Waals surface area contributed by atoms with E-state index in [1.54, 1.807) is 6.92 Å². The minimum Gasteiger partial charge on any atom is -0.480 e. The van der Waals surface area contributed by atoms with Crippen molar-refractivity contribution in [1.82, 2.24) is 9.55 Å². The van der Waals surface area contributed by atoms with Gasteiger partial charge in [-0.25, -0.2) is 14.6 Å². The minimum absolute atomic E-state index is 0.0524. The predicted molar refractivity (Wildman–Crippen MR) is 83.4 cm³/mol. The van der Waals surface area contributed by atoms with Crippen molar-refractivity contribution in [1.29, 1.82) is 0 Å². The van der Waals surface area contributed by atoms with Gasteiger partial charge in [-0.2, -0.15) is 0 Å². The number of methoxy groups -OCH3 is 1. The number of carboxylic acid groups (broad SMARTS) is 2. The van der Waals surface area contributed by atoms with E-state index in [-0.39, 0.29) is 41.1 Å². The van der Waals surface area contributed by atoms with E-state index in [1.165, 1.54) is 12.5 Å². The van der Waals surface area contributed by atoms with Crippen LogP contribution in [-0.4, -0.2) is 45.4 Å². The van der Waals surface area contributed by atoms with Crippen molar-refractivity contribution in [2.75, 3.05) is 13.7 Å². The van der Waals surface area contributed by atoms with Gasteiger partial charge >= 0.3 is 11.9 Å². The summed E-state index contributed by atoms with van der Waals surface area (Å²) >= 11 is 1.05. The summed E-state index contributed by atoms with van der Waals surface area (Å²) in [5.74, 6) is -2.13. The Balaban J connectivity index is 2.80. The monoisotopic (exact) mass is 340 g/mol. The van der Waals surface area contributed by atoms with Gasteiger partial charge in [0.2, 0.25) is 0 Å². The number of fused-ring (bicyclic) bond motifs is 1. The minimum atomic E-state index is -1.24. The number of ether oxygens (including phenoxy) is 1. The number of thiophene rings is 1. The van der Waals surface area contributed by atoms with Gasteiger partial charge in [0, 0.05) is 18.9 Å². The van der Waals surface area contributed by atoms with E-state index in [1.807, 2.05) is 0 Å². The zero-order chi connectivity index (χ0) is 17.1. The van der Waals surface area contributed by atoms with Crippen LogP contribution in [0, 0.1) is 0 Å². The van der Waals surface area contributed by atoms with Gasteiger partial charge in [-0.05, 0) is 6.42 Å². The van der Waals surface area contributed by atoms with Crippen LogP contribution in [0.1, 0.15) is 35.6 Å². The quantitative estimate of drug-likeness (QED) is 0.781. The summed E-state index contributed by atoms with van der Waals surface area (Å²) < 4.78 is 6.05. The molecule has 2 rings (SSSR count). The Morgan fingerprint density at radius 1 is 1.43 bits per heavy atom. The van der Waals surface area contributed by atoms with E-state index in [0.29, 0.717) is 0 Å². The number of hydrogen-bond donors (Lipinski definition) is 2. The number of carboxylic acids is 2. The smallest absolute Gasteiger partial charge is 0.337 e. The van der Waals surface area contributed by atoms with Crippen LogP contribution in [0.3, 0.4) is 0 Å². The number of nitrogens with zero attached hydrogens (tertiary/aromatic N) is 2. The molecule has 0 saturated heterocycles. The molecule has 0 aliphatic carbocycles.